The maximum Gasteiger partial charge on any atom is 0.293 e. The minimum absolute atomic E-state index is 0.0223. The number of aromatic nitrogens is 2. The molecular weight excluding hydrogens is 945 g/mol. The standard InChI is InChI=1S/C56H64N8O8S/c1-36(2)45-6-4-5-7-47(45)51-33-61(32-38-8-13-46(39-9-10-39)52(24-38)70-3)20-21-63(51)42-28-56(29-42)34-62(35-56)41-11-14-48(53(26-41)72-43-25-40-16-19-57-54(40)59-31-43)55(65)60-73(68,69)44-12-15-49(50(27-44)64(66)67)58-30-37-17-22-71-23-18-37/h4-8,11-16,19,24-27,31,36-37,39,42,51,58H,9-10,17-18,20-23,28-30,32-35H2,1-3H3,(H,57,59)(H,60,65)/t51-/m0/s1. The Labute approximate surface area is 426 Å². The van der Waals surface area contributed by atoms with E-state index in [9.17, 15) is 23.3 Å². The Morgan fingerprint density at radius 2 is 1.75 bits per heavy atom. The number of methoxy groups -OCH3 is 1. The number of rotatable bonds is 17. The van der Waals surface area contributed by atoms with Gasteiger partial charge in [-0.1, -0.05) is 50.2 Å². The van der Waals surface area contributed by atoms with Crippen LogP contribution in [0.5, 0.6) is 17.2 Å². The summed E-state index contributed by atoms with van der Waals surface area (Å²) >= 11 is 0. The number of piperazine rings is 1. The van der Waals surface area contributed by atoms with Gasteiger partial charge in [-0.3, -0.25) is 24.7 Å². The number of fused-ring (bicyclic) bond motifs is 1. The second kappa shape index (κ2) is 20.1. The Morgan fingerprint density at radius 3 is 2.52 bits per heavy atom. The molecule has 4 aromatic carbocycles. The lowest BCUT2D eigenvalue weighted by atomic mass is 9.59. The van der Waals surface area contributed by atoms with E-state index >= 15 is 0 Å². The first-order valence-electron chi connectivity index (χ1n) is 25.7. The summed E-state index contributed by atoms with van der Waals surface area (Å²) in [5, 5.41) is 16.1. The predicted molar refractivity (Wildman–Crippen MR) is 280 cm³/mol. The van der Waals surface area contributed by atoms with Gasteiger partial charge in [0.25, 0.3) is 21.6 Å². The number of benzene rings is 4. The molecule has 1 spiro atoms. The number of nitro benzene ring substituents is 1. The number of aromatic amines is 1. The molecule has 17 heteroatoms. The number of carbonyl (C=O) groups excluding carboxylic acids is 1. The molecule has 1 amide bonds. The van der Waals surface area contributed by atoms with Crippen LogP contribution in [0.25, 0.3) is 11.0 Å². The van der Waals surface area contributed by atoms with E-state index in [-0.39, 0.29) is 34.4 Å². The van der Waals surface area contributed by atoms with E-state index in [0.717, 1.165) is 87.8 Å². The highest BCUT2D eigenvalue weighted by Gasteiger charge is 2.55. The van der Waals surface area contributed by atoms with Crippen LogP contribution in [0.15, 0.2) is 108 Å². The summed E-state index contributed by atoms with van der Waals surface area (Å²) in [6.45, 7) is 11.8. The molecule has 382 valence electrons. The van der Waals surface area contributed by atoms with Crippen molar-refractivity contribution in [3.8, 4) is 17.2 Å². The van der Waals surface area contributed by atoms with Crippen LogP contribution in [0.1, 0.15) is 103 Å². The number of carbonyl (C=O) groups is 1. The first-order chi connectivity index (χ1) is 35.3. The van der Waals surface area contributed by atoms with E-state index < -0.39 is 31.4 Å². The molecule has 3 N–H and O–H groups in total. The number of hydrogen-bond acceptors (Lipinski definition) is 13. The van der Waals surface area contributed by atoms with Gasteiger partial charge in [0.1, 0.15) is 28.6 Å². The number of ether oxygens (including phenoxy) is 3. The number of hydrogen-bond donors (Lipinski definition) is 3. The highest BCUT2D eigenvalue weighted by molar-refractivity contribution is 7.90. The van der Waals surface area contributed by atoms with E-state index in [1.165, 1.54) is 47.2 Å². The molecule has 0 unspecified atom stereocenters. The van der Waals surface area contributed by atoms with E-state index in [0.29, 0.717) is 49.0 Å². The SMILES string of the molecule is COc1cc(CN2CCN(C3CC4(C3)CN(c3ccc(C(=O)NS(=O)(=O)c5ccc(NCC6CCOCC6)c([N+](=O)[O-])c5)c(Oc5cnc6[nH]ccc6c5)c3)C4)[C@H](c3ccccc3C(C)C)C2)ccc1C1CC1. The number of nitro groups is 1. The minimum atomic E-state index is -4.57. The Bertz CT molecular complexity index is 3140. The lowest BCUT2D eigenvalue weighted by Gasteiger charge is -2.63. The Morgan fingerprint density at radius 1 is 0.945 bits per heavy atom. The fourth-order valence-electron chi connectivity index (χ4n) is 11.8. The van der Waals surface area contributed by atoms with Crippen molar-refractivity contribution >= 4 is 44.0 Å². The lowest BCUT2D eigenvalue weighted by molar-refractivity contribution is -0.384. The van der Waals surface area contributed by atoms with Gasteiger partial charge >= 0.3 is 0 Å². The molecule has 3 saturated heterocycles. The number of amides is 1. The van der Waals surface area contributed by atoms with Gasteiger partial charge < -0.3 is 29.4 Å². The monoisotopic (exact) mass is 1010 g/mol. The third-order valence-corrected chi connectivity index (χ3v) is 17.2. The molecule has 0 bridgehead atoms. The van der Waals surface area contributed by atoms with Crippen LogP contribution in [0, 0.1) is 21.4 Å². The summed E-state index contributed by atoms with van der Waals surface area (Å²) in [4.78, 5) is 40.4. The molecule has 73 heavy (non-hydrogen) atoms. The third kappa shape index (κ3) is 10.2. The van der Waals surface area contributed by atoms with Gasteiger partial charge in [0.05, 0.1) is 28.7 Å². The zero-order chi connectivity index (χ0) is 50.4. The second-order valence-corrected chi connectivity index (χ2v) is 22.9. The van der Waals surface area contributed by atoms with Gasteiger partial charge in [0.2, 0.25) is 0 Å². The van der Waals surface area contributed by atoms with Crippen LogP contribution in [-0.4, -0.2) is 105 Å². The third-order valence-electron chi connectivity index (χ3n) is 15.9. The van der Waals surface area contributed by atoms with Crippen LogP contribution in [-0.2, 0) is 21.3 Å². The van der Waals surface area contributed by atoms with Crippen molar-refractivity contribution in [1.29, 1.82) is 0 Å². The molecule has 0 radical (unpaired) electrons. The summed E-state index contributed by atoms with van der Waals surface area (Å²) in [5.74, 6) is 1.89. The van der Waals surface area contributed by atoms with Crippen molar-refractivity contribution in [3.63, 3.8) is 0 Å². The van der Waals surface area contributed by atoms with Crippen molar-refractivity contribution in [1.82, 2.24) is 24.5 Å². The number of sulfonamides is 1. The van der Waals surface area contributed by atoms with Gasteiger partial charge in [-0.2, -0.15) is 0 Å². The molecule has 16 nitrogen and oxygen atoms in total. The Hall–Kier alpha value is -6.53. The Balaban J connectivity index is 0.791. The van der Waals surface area contributed by atoms with Crippen LogP contribution in [0.4, 0.5) is 17.1 Å². The fourth-order valence-corrected chi connectivity index (χ4v) is 12.8. The molecule has 11 rings (SSSR count). The zero-order valence-electron chi connectivity index (χ0n) is 41.7. The maximum atomic E-state index is 14.1. The molecule has 5 heterocycles. The van der Waals surface area contributed by atoms with Gasteiger partial charge in [-0.05, 0) is 121 Å². The summed E-state index contributed by atoms with van der Waals surface area (Å²) in [7, 11) is -2.78. The summed E-state index contributed by atoms with van der Waals surface area (Å²) in [6.07, 6.45) is 9.61. The fraction of sp³-hybridized carbons (Fsp3) is 0.429. The quantitative estimate of drug-likeness (QED) is 0.0580. The number of pyridine rings is 1. The molecule has 5 aliphatic rings. The van der Waals surface area contributed by atoms with Crippen LogP contribution < -0.4 is 24.4 Å². The molecule has 2 saturated carbocycles. The molecular formula is C56H64N8O8S. The Kier molecular flexibility index (Phi) is 13.4. The van der Waals surface area contributed by atoms with Gasteiger partial charge in [-0.25, -0.2) is 18.1 Å². The normalized spacial score (nSPS) is 19.7. The van der Waals surface area contributed by atoms with Gasteiger partial charge in [0.15, 0.2) is 0 Å². The van der Waals surface area contributed by atoms with Crippen molar-refractivity contribution < 1.29 is 32.3 Å². The zero-order valence-corrected chi connectivity index (χ0v) is 42.5. The van der Waals surface area contributed by atoms with Crippen LogP contribution >= 0.6 is 0 Å². The van der Waals surface area contributed by atoms with E-state index in [1.807, 2.05) is 12.1 Å². The van der Waals surface area contributed by atoms with Crippen molar-refractivity contribution in [2.24, 2.45) is 11.3 Å². The van der Waals surface area contributed by atoms with Crippen LogP contribution in [0.2, 0.25) is 0 Å². The second-order valence-electron chi connectivity index (χ2n) is 21.2. The lowest BCUT2D eigenvalue weighted by Crippen LogP contribution is -2.68. The molecule has 3 aliphatic heterocycles. The van der Waals surface area contributed by atoms with E-state index in [2.05, 4.69) is 91.0 Å². The highest BCUT2D eigenvalue weighted by Crippen LogP contribution is 2.54. The maximum absolute atomic E-state index is 14.1. The van der Waals surface area contributed by atoms with Gasteiger partial charge in [-0.15, -0.1) is 0 Å². The van der Waals surface area contributed by atoms with Crippen LogP contribution in [0.3, 0.4) is 0 Å². The summed E-state index contributed by atoms with van der Waals surface area (Å²) < 4.78 is 47.5. The van der Waals surface area contributed by atoms with Gasteiger partial charge in [0, 0.05) is 106 Å². The molecule has 6 aromatic rings. The predicted octanol–water partition coefficient (Wildman–Crippen LogP) is 9.76. The average molecular weight is 1010 g/mol. The molecule has 1 atom stereocenters. The summed E-state index contributed by atoms with van der Waals surface area (Å²) in [6, 6.07) is 29.0. The summed E-state index contributed by atoms with van der Waals surface area (Å²) in [5.41, 5.74) is 6.88. The first kappa shape index (κ1) is 48.7. The molecule has 5 fully saturated rings. The molecule has 2 aliphatic carbocycles. The largest absolute Gasteiger partial charge is 0.496 e. The number of H-pyrrole nitrogens is 1. The average Bonchev–Trinajstić information content (AvgIpc) is 4.11. The van der Waals surface area contributed by atoms with E-state index in [4.69, 9.17) is 14.2 Å². The topological polar surface area (TPSA) is 184 Å². The van der Waals surface area contributed by atoms with Crippen molar-refractivity contribution in [2.75, 3.05) is 69.8 Å². The minimum Gasteiger partial charge on any atom is -0.496 e. The van der Waals surface area contributed by atoms with Crippen molar-refractivity contribution in [2.45, 2.75) is 87.7 Å². The smallest absolute Gasteiger partial charge is 0.293 e. The number of nitrogens with zero attached hydrogens (tertiary/aromatic N) is 5. The first-order valence-corrected chi connectivity index (χ1v) is 27.2. The highest BCUT2D eigenvalue weighted by atomic mass is 32.2. The number of nitrogens with one attached hydrogen (secondary N) is 3. The number of anilines is 2. The molecule has 2 aromatic heterocycles. The van der Waals surface area contributed by atoms with Crippen molar-refractivity contribution in [3.05, 3.63) is 141 Å². The van der Waals surface area contributed by atoms with E-state index in [1.54, 1.807) is 37.7 Å².